The number of halogens is 1. The van der Waals surface area contributed by atoms with Crippen molar-refractivity contribution in [2.45, 2.75) is 45.8 Å². The van der Waals surface area contributed by atoms with Crippen LogP contribution < -0.4 is 4.90 Å². The van der Waals surface area contributed by atoms with E-state index in [0.29, 0.717) is 11.1 Å². The minimum atomic E-state index is -0.454. The Bertz CT molecular complexity index is 614. The minimum absolute atomic E-state index is 0.197. The van der Waals surface area contributed by atoms with Crippen LogP contribution in [0.25, 0.3) is 0 Å². The minimum Gasteiger partial charge on any atom is -0.444 e. The van der Waals surface area contributed by atoms with Crippen molar-refractivity contribution in [2.75, 3.05) is 24.5 Å². The maximum Gasteiger partial charge on any atom is 0.410 e. The van der Waals surface area contributed by atoms with Crippen LogP contribution in [-0.4, -0.2) is 47.3 Å². The topological polar surface area (TPSA) is 45.7 Å². The second-order valence-electron chi connectivity index (χ2n) is 7.50. The van der Waals surface area contributed by atoms with Crippen molar-refractivity contribution in [2.24, 2.45) is 5.92 Å². The van der Waals surface area contributed by atoms with E-state index < -0.39 is 5.60 Å². The van der Waals surface area contributed by atoms with Crippen molar-refractivity contribution in [1.82, 2.24) is 9.88 Å². The number of hydrogen-bond donors (Lipinski definition) is 0. The molecule has 1 aromatic heterocycles. The van der Waals surface area contributed by atoms with E-state index in [1.165, 1.54) is 0 Å². The van der Waals surface area contributed by atoms with Gasteiger partial charge in [-0.25, -0.2) is 9.78 Å². The van der Waals surface area contributed by atoms with E-state index in [2.05, 4.69) is 16.0 Å². The lowest BCUT2D eigenvalue weighted by Crippen LogP contribution is -2.42. The van der Waals surface area contributed by atoms with Gasteiger partial charge in [-0.2, -0.15) is 0 Å². The van der Waals surface area contributed by atoms with E-state index in [4.69, 9.17) is 16.3 Å². The maximum absolute atomic E-state index is 12.4. The molecule has 1 aromatic rings. The molecule has 0 bridgehead atoms. The van der Waals surface area contributed by atoms with Crippen molar-refractivity contribution in [3.63, 3.8) is 0 Å². The second kappa shape index (κ2) is 5.86. The first-order chi connectivity index (χ1) is 10.7. The SMILES string of the molecule is Cc1cc(N2C[C@H]3CCN(C(=O)OC(C)(C)C)[C@H]3C2)cnc1Cl. The van der Waals surface area contributed by atoms with Gasteiger partial charge in [0, 0.05) is 25.6 Å². The van der Waals surface area contributed by atoms with Crippen LogP contribution in [0.1, 0.15) is 32.8 Å². The molecule has 0 radical (unpaired) electrons. The van der Waals surface area contributed by atoms with Crippen LogP contribution >= 0.6 is 11.6 Å². The van der Waals surface area contributed by atoms with Crippen LogP contribution in [0, 0.1) is 12.8 Å². The van der Waals surface area contributed by atoms with Crippen LogP contribution in [-0.2, 0) is 4.74 Å². The highest BCUT2D eigenvalue weighted by Crippen LogP contribution is 2.35. The van der Waals surface area contributed by atoms with E-state index >= 15 is 0 Å². The first-order valence-electron chi connectivity index (χ1n) is 8.11. The number of ether oxygens (including phenoxy) is 1. The molecule has 0 aliphatic carbocycles. The number of rotatable bonds is 1. The number of hydrogen-bond acceptors (Lipinski definition) is 4. The molecule has 2 aliphatic rings. The third kappa shape index (κ3) is 3.39. The molecule has 0 N–H and O–H groups in total. The highest BCUT2D eigenvalue weighted by Gasteiger charge is 2.44. The Morgan fingerprint density at radius 3 is 2.78 bits per heavy atom. The molecule has 2 atom stereocenters. The van der Waals surface area contributed by atoms with Crippen molar-refractivity contribution < 1.29 is 9.53 Å². The number of carbonyl (C=O) groups is 1. The molecule has 6 heteroatoms. The fraction of sp³-hybridized carbons (Fsp3) is 0.647. The van der Waals surface area contributed by atoms with E-state index in [1.807, 2.05) is 38.8 Å². The molecule has 23 heavy (non-hydrogen) atoms. The van der Waals surface area contributed by atoms with Crippen molar-refractivity contribution >= 4 is 23.4 Å². The molecule has 2 aliphatic heterocycles. The zero-order valence-corrected chi connectivity index (χ0v) is 14.9. The second-order valence-corrected chi connectivity index (χ2v) is 7.85. The number of fused-ring (bicyclic) bond motifs is 1. The smallest absolute Gasteiger partial charge is 0.410 e. The normalized spacial score (nSPS) is 24.0. The monoisotopic (exact) mass is 337 g/mol. The summed E-state index contributed by atoms with van der Waals surface area (Å²) in [6.07, 6.45) is 2.64. The highest BCUT2D eigenvalue weighted by atomic mass is 35.5. The summed E-state index contributed by atoms with van der Waals surface area (Å²) in [5.74, 6) is 0.499. The molecule has 2 fully saturated rings. The maximum atomic E-state index is 12.4. The predicted molar refractivity (Wildman–Crippen MR) is 91.0 cm³/mol. The van der Waals surface area contributed by atoms with Gasteiger partial charge < -0.3 is 14.5 Å². The summed E-state index contributed by atoms with van der Waals surface area (Å²) >= 11 is 6.01. The zero-order valence-electron chi connectivity index (χ0n) is 14.2. The molecular weight excluding hydrogens is 314 g/mol. The Balaban J connectivity index is 1.71. The van der Waals surface area contributed by atoms with Gasteiger partial charge in [-0.15, -0.1) is 0 Å². The predicted octanol–water partition coefficient (Wildman–Crippen LogP) is 3.49. The Kier molecular flexibility index (Phi) is 4.17. The van der Waals surface area contributed by atoms with E-state index in [0.717, 1.165) is 37.3 Å². The molecular formula is C17H24ClN3O2. The summed E-state index contributed by atoms with van der Waals surface area (Å²) in [6.45, 7) is 10.2. The van der Waals surface area contributed by atoms with Crippen molar-refractivity contribution in [3.05, 3.63) is 23.0 Å². The van der Waals surface area contributed by atoms with Gasteiger partial charge in [0.1, 0.15) is 10.8 Å². The first kappa shape index (κ1) is 16.4. The van der Waals surface area contributed by atoms with Gasteiger partial charge in [-0.05, 0) is 45.7 Å². The van der Waals surface area contributed by atoms with Gasteiger partial charge in [0.15, 0.2) is 0 Å². The molecule has 0 spiro atoms. The summed E-state index contributed by atoms with van der Waals surface area (Å²) in [5.41, 5.74) is 1.60. The Morgan fingerprint density at radius 1 is 1.39 bits per heavy atom. The Morgan fingerprint density at radius 2 is 2.13 bits per heavy atom. The molecule has 126 valence electrons. The van der Waals surface area contributed by atoms with Crippen LogP contribution in [0.5, 0.6) is 0 Å². The van der Waals surface area contributed by atoms with E-state index in [1.54, 1.807) is 0 Å². The Hall–Kier alpha value is -1.49. The van der Waals surface area contributed by atoms with Crippen LogP contribution in [0.15, 0.2) is 12.3 Å². The zero-order chi connectivity index (χ0) is 16.8. The van der Waals surface area contributed by atoms with Gasteiger partial charge in [-0.1, -0.05) is 11.6 Å². The van der Waals surface area contributed by atoms with Crippen LogP contribution in [0.3, 0.4) is 0 Å². The molecule has 2 saturated heterocycles. The first-order valence-corrected chi connectivity index (χ1v) is 8.49. The number of aryl methyl sites for hydroxylation is 1. The third-order valence-electron chi connectivity index (χ3n) is 4.54. The highest BCUT2D eigenvalue weighted by molar-refractivity contribution is 6.30. The average molecular weight is 338 g/mol. The lowest BCUT2D eigenvalue weighted by molar-refractivity contribution is 0.0229. The van der Waals surface area contributed by atoms with Gasteiger partial charge in [-0.3, -0.25) is 0 Å². The number of anilines is 1. The molecule has 0 unspecified atom stereocenters. The molecule has 0 saturated carbocycles. The summed E-state index contributed by atoms with van der Waals surface area (Å²) < 4.78 is 5.54. The van der Waals surface area contributed by atoms with Gasteiger partial charge in [0.2, 0.25) is 0 Å². The number of amides is 1. The van der Waals surface area contributed by atoms with Gasteiger partial charge in [0.05, 0.1) is 17.9 Å². The van der Waals surface area contributed by atoms with Gasteiger partial charge in [0.25, 0.3) is 0 Å². The largest absolute Gasteiger partial charge is 0.444 e. The standard InChI is InChI=1S/C17H24ClN3O2/c1-11-7-13(8-19-15(11)18)20-9-12-5-6-21(14(12)10-20)16(22)23-17(2,3)4/h7-8,12,14H,5-6,9-10H2,1-4H3/t12-,14+/m1/s1. The quantitative estimate of drug-likeness (QED) is 0.736. The summed E-state index contributed by atoms with van der Waals surface area (Å²) in [4.78, 5) is 20.8. The lowest BCUT2D eigenvalue weighted by Gasteiger charge is -2.29. The number of nitrogens with zero attached hydrogens (tertiary/aromatic N) is 3. The van der Waals surface area contributed by atoms with Gasteiger partial charge >= 0.3 is 6.09 Å². The van der Waals surface area contributed by atoms with Crippen LogP contribution in [0.4, 0.5) is 10.5 Å². The lowest BCUT2D eigenvalue weighted by atomic mass is 10.1. The molecule has 1 amide bonds. The molecule has 0 aromatic carbocycles. The fourth-order valence-electron chi connectivity index (χ4n) is 3.44. The van der Waals surface area contributed by atoms with Crippen molar-refractivity contribution in [1.29, 1.82) is 0 Å². The summed E-state index contributed by atoms with van der Waals surface area (Å²) in [6, 6.07) is 2.29. The average Bonchev–Trinajstić information content (AvgIpc) is 2.99. The molecule has 3 rings (SSSR count). The van der Waals surface area contributed by atoms with E-state index in [9.17, 15) is 4.79 Å². The Labute approximate surface area is 142 Å². The van der Waals surface area contributed by atoms with Crippen molar-refractivity contribution in [3.8, 4) is 0 Å². The number of aromatic nitrogens is 1. The number of carbonyl (C=O) groups excluding carboxylic acids is 1. The summed E-state index contributed by atoms with van der Waals surface area (Å²) in [7, 11) is 0. The third-order valence-corrected chi connectivity index (χ3v) is 4.94. The fourth-order valence-corrected chi connectivity index (χ4v) is 3.54. The van der Waals surface area contributed by atoms with Crippen LogP contribution in [0.2, 0.25) is 5.15 Å². The molecule has 5 nitrogen and oxygen atoms in total. The molecule has 3 heterocycles. The van der Waals surface area contributed by atoms with E-state index in [-0.39, 0.29) is 12.1 Å². The number of pyridine rings is 1. The summed E-state index contributed by atoms with van der Waals surface area (Å²) in [5, 5.41) is 0.545. The number of likely N-dealkylation sites (tertiary alicyclic amines) is 1.